The minimum Gasteiger partial charge on any atom is -0.348 e. The molecule has 9 heteroatoms. The van der Waals surface area contributed by atoms with E-state index in [2.05, 4.69) is 34.1 Å². The van der Waals surface area contributed by atoms with Crippen LogP contribution in [0.15, 0.2) is 36.5 Å². The molecule has 0 saturated heterocycles. The molecule has 3 aromatic rings. The van der Waals surface area contributed by atoms with Gasteiger partial charge in [0.1, 0.15) is 17.1 Å². The van der Waals surface area contributed by atoms with E-state index in [0.717, 1.165) is 43.3 Å². The first kappa shape index (κ1) is 27.6. The van der Waals surface area contributed by atoms with E-state index in [9.17, 15) is 18.0 Å². The van der Waals surface area contributed by atoms with Gasteiger partial charge in [0.15, 0.2) is 5.65 Å². The number of unbranched alkanes of at least 4 members (excludes halogenated alkanes) is 4. The van der Waals surface area contributed by atoms with E-state index in [1.807, 2.05) is 6.92 Å². The molecule has 1 N–H and O–H groups in total. The first-order valence-corrected chi connectivity index (χ1v) is 12.8. The molecule has 36 heavy (non-hydrogen) atoms. The molecule has 0 spiro atoms. The smallest absolute Gasteiger partial charge is 0.280 e. The van der Waals surface area contributed by atoms with Crippen molar-refractivity contribution >= 4 is 11.6 Å². The summed E-state index contributed by atoms with van der Waals surface area (Å²) in [7, 11) is 0. The summed E-state index contributed by atoms with van der Waals surface area (Å²) in [5, 5.41) is 7.01. The van der Waals surface area contributed by atoms with Crippen molar-refractivity contribution in [2.24, 2.45) is 0 Å². The molecule has 6 nitrogen and oxygen atoms in total. The number of aromatic nitrogens is 3. The Kier molecular flexibility index (Phi) is 10.3. The van der Waals surface area contributed by atoms with E-state index >= 15 is 0 Å². The summed E-state index contributed by atoms with van der Waals surface area (Å²) in [5.41, 5.74) is 0.468. The number of nitrogens with one attached hydrogen (secondary N) is 1. The molecule has 1 atom stereocenters. The van der Waals surface area contributed by atoms with Gasteiger partial charge in [0.05, 0.1) is 11.9 Å². The zero-order valence-electron chi connectivity index (χ0n) is 21.3. The third kappa shape index (κ3) is 7.29. The second-order valence-electron chi connectivity index (χ2n) is 9.26. The van der Waals surface area contributed by atoms with Gasteiger partial charge in [0.25, 0.3) is 12.3 Å². The first-order valence-electron chi connectivity index (χ1n) is 12.8. The van der Waals surface area contributed by atoms with Gasteiger partial charge in [0, 0.05) is 18.2 Å². The van der Waals surface area contributed by atoms with Gasteiger partial charge in [-0.05, 0) is 63.2 Å². The first-order chi connectivity index (χ1) is 17.3. The van der Waals surface area contributed by atoms with Crippen molar-refractivity contribution in [2.45, 2.75) is 71.8 Å². The molecule has 1 unspecified atom stereocenters. The minimum atomic E-state index is -2.83. The van der Waals surface area contributed by atoms with Crippen molar-refractivity contribution in [3.05, 3.63) is 53.6 Å². The van der Waals surface area contributed by atoms with Crippen LogP contribution in [0.1, 0.15) is 81.8 Å². The summed E-state index contributed by atoms with van der Waals surface area (Å²) in [6.07, 6.45) is 5.31. The van der Waals surface area contributed by atoms with Gasteiger partial charge in [-0.25, -0.2) is 22.7 Å². The van der Waals surface area contributed by atoms with Crippen molar-refractivity contribution in [1.82, 2.24) is 24.8 Å². The summed E-state index contributed by atoms with van der Waals surface area (Å²) in [6, 6.07) is 6.47. The van der Waals surface area contributed by atoms with E-state index in [1.165, 1.54) is 49.4 Å². The van der Waals surface area contributed by atoms with Gasteiger partial charge in [-0.1, -0.05) is 39.5 Å². The third-order valence-electron chi connectivity index (χ3n) is 6.17. The van der Waals surface area contributed by atoms with Crippen LogP contribution < -0.4 is 5.32 Å². The number of rotatable bonds is 14. The lowest BCUT2D eigenvalue weighted by Crippen LogP contribution is -2.42. The van der Waals surface area contributed by atoms with Gasteiger partial charge >= 0.3 is 0 Å². The Morgan fingerprint density at radius 2 is 1.69 bits per heavy atom. The largest absolute Gasteiger partial charge is 0.348 e. The van der Waals surface area contributed by atoms with E-state index in [-0.39, 0.29) is 28.6 Å². The Morgan fingerprint density at radius 3 is 2.28 bits per heavy atom. The van der Waals surface area contributed by atoms with Crippen molar-refractivity contribution in [2.75, 3.05) is 19.6 Å². The Hall–Kier alpha value is -2.94. The van der Waals surface area contributed by atoms with Gasteiger partial charge < -0.3 is 10.2 Å². The Morgan fingerprint density at radius 1 is 1.06 bits per heavy atom. The molecule has 0 aliphatic carbocycles. The number of alkyl halides is 2. The van der Waals surface area contributed by atoms with Crippen LogP contribution in [0.4, 0.5) is 13.2 Å². The molecule has 3 rings (SSSR count). The van der Waals surface area contributed by atoms with Crippen LogP contribution in [0.5, 0.6) is 0 Å². The van der Waals surface area contributed by atoms with Crippen LogP contribution in [0, 0.1) is 5.82 Å². The zero-order valence-corrected chi connectivity index (χ0v) is 21.3. The number of carbonyl (C=O) groups is 1. The van der Waals surface area contributed by atoms with Crippen molar-refractivity contribution in [3.8, 4) is 11.3 Å². The molecule has 1 aromatic carbocycles. The highest BCUT2D eigenvalue weighted by Gasteiger charge is 2.23. The van der Waals surface area contributed by atoms with E-state index in [0.29, 0.717) is 12.1 Å². The Bertz CT molecular complexity index is 1110. The number of carbonyl (C=O) groups excluding carboxylic acids is 1. The number of halogens is 3. The summed E-state index contributed by atoms with van der Waals surface area (Å²) in [5.74, 6) is -0.853. The fraction of sp³-hybridized carbons (Fsp3) is 0.519. The van der Waals surface area contributed by atoms with Crippen LogP contribution in [0.2, 0.25) is 0 Å². The maximum Gasteiger partial charge on any atom is 0.280 e. The summed E-state index contributed by atoms with van der Waals surface area (Å²) < 4.78 is 42.0. The Labute approximate surface area is 210 Å². The number of nitrogens with zero attached hydrogens (tertiary/aromatic N) is 4. The second-order valence-corrected chi connectivity index (χ2v) is 9.26. The number of hydrogen-bond acceptors (Lipinski definition) is 4. The summed E-state index contributed by atoms with van der Waals surface area (Å²) in [6.45, 7) is 8.96. The summed E-state index contributed by atoms with van der Waals surface area (Å²) in [4.78, 5) is 20.0. The molecule has 0 aliphatic heterocycles. The lowest BCUT2D eigenvalue weighted by atomic mass is 10.1. The molecule has 1 amide bonds. The molecule has 196 valence electrons. The molecule has 0 saturated carbocycles. The van der Waals surface area contributed by atoms with Crippen molar-refractivity contribution in [1.29, 1.82) is 0 Å². The highest BCUT2D eigenvalue weighted by molar-refractivity contribution is 6.00. The third-order valence-corrected chi connectivity index (χ3v) is 6.17. The van der Waals surface area contributed by atoms with Gasteiger partial charge in [-0.15, -0.1) is 0 Å². The number of amides is 1. The topological polar surface area (TPSA) is 62.5 Å². The van der Waals surface area contributed by atoms with Crippen LogP contribution in [0.25, 0.3) is 16.9 Å². The lowest BCUT2D eigenvalue weighted by molar-refractivity contribution is 0.0929. The zero-order chi connectivity index (χ0) is 26.1. The fourth-order valence-corrected chi connectivity index (χ4v) is 4.27. The highest BCUT2D eigenvalue weighted by Crippen LogP contribution is 2.27. The SMILES string of the molecule is CCCCCN(CCCCC)CC(C)NC(=O)c1cnn2c(C(F)F)cc(-c3ccc(F)cc3)nc12. The van der Waals surface area contributed by atoms with Crippen LogP contribution in [-0.4, -0.2) is 51.1 Å². The quantitative estimate of drug-likeness (QED) is 0.263. The molecule has 0 fully saturated rings. The molecular formula is C27H36F3N5O. The maximum absolute atomic E-state index is 13.8. The fourth-order valence-electron chi connectivity index (χ4n) is 4.27. The van der Waals surface area contributed by atoms with Crippen molar-refractivity contribution in [3.63, 3.8) is 0 Å². The second kappa shape index (κ2) is 13.4. The number of hydrogen-bond donors (Lipinski definition) is 1. The normalized spacial score (nSPS) is 12.6. The predicted octanol–water partition coefficient (Wildman–Crippen LogP) is 6.27. The molecule has 2 aromatic heterocycles. The number of benzene rings is 1. The maximum atomic E-state index is 13.8. The minimum absolute atomic E-state index is 0.0413. The van der Waals surface area contributed by atoms with Crippen LogP contribution >= 0.6 is 0 Å². The average Bonchev–Trinajstić information content (AvgIpc) is 3.28. The van der Waals surface area contributed by atoms with Crippen molar-refractivity contribution < 1.29 is 18.0 Å². The molecular weight excluding hydrogens is 467 g/mol. The standard InChI is InChI=1S/C27H36F3N5O/c1-4-6-8-14-34(15-9-7-5-2)18-19(3)32-27(36)22-17-31-35-24(25(29)30)16-23(33-26(22)35)20-10-12-21(28)13-11-20/h10-13,16-17,19,25H,4-9,14-15,18H2,1-3H3,(H,32,36). The Balaban J connectivity index is 1.80. The van der Waals surface area contributed by atoms with E-state index < -0.39 is 18.1 Å². The van der Waals surface area contributed by atoms with Gasteiger partial charge in [-0.3, -0.25) is 4.79 Å². The number of fused-ring (bicyclic) bond motifs is 1. The molecule has 0 aliphatic rings. The highest BCUT2D eigenvalue weighted by atomic mass is 19.3. The monoisotopic (exact) mass is 503 g/mol. The van der Waals surface area contributed by atoms with Gasteiger partial charge in [0.2, 0.25) is 0 Å². The predicted molar refractivity (Wildman–Crippen MR) is 136 cm³/mol. The van der Waals surface area contributed by atoms with Gasteiger partial charge in [-0.2, -0.15) is 5.10 Å². The van der Waals surface area contributed by atoms with Crippen LogP contribution in [0.3, 0.4) is 0 Å². The van der Waals surface area contributed by atoms with Crippen LogP contribution in [-0.2, 0) is 0 Å². The molecule has 2 heterocycles. The molecule has 0 radical (unpaired) electrons. The average molecular weight is 504 g/mol. The summed E-state index contributed by atoms with van der Waals surface area (Å²) >= 11 is 0. The van der Waals surface area contributed by atoms with E-state index in [1.54, 1.807) is 0 Å². The molecule has 0 bridgehead atoms. The lowest BCUT2D eigenvalue weighted by Gasteiger charge is -2.26. The van der Waals surface area contributed by atoms with E-state index in [4.69, 9.17) is 0 Å².